The third-order valence-corrected chi connectivity index (χ3v) is 6.56. The van der Waals surface area contributed by atoms with Crippen LogP contribution in [0.2, 0.25) is 0 Å². The largest absolute Gasteiger partial charge is 0.375 e. The van der Waals surface area contributed by atoms with Gasteiger partial charge in [0.25, 0.3) is 0 Å². The maximum absolute atomic E-state index is 15.4. The summed E-state index contributed by atoms with van der Waals surface area (Å²) >= 11 is 0. The number of halogens is 2. The van der Waals surface area contributed by atoms with Crippen molar-refractivity contribution in [2.75, 3.05) is 19.0 Å². The van der Waals surface area contributed by atoms with Gasteiger partial charge in [0.15, 0.2) is 5.82 Å². The lowest BCUT2D eigenvalue weighted by molar-refractivity contribution is 0.617. The molecule has 0 N–H and O–H groups in total. The van der Waals surface area contributed by atoms with E-state index >= 15 is 4.39 Å². The molecule has 0 saturated heterocycles. The maximum Gasteiger partial charge on any atom is 0.216 e. The molecule has 35 heavy (non-hydrogen) atoms. The molecule has 0 spiro atoms. The molecular weight excluding hydrogens is 442 g/mol. The molecule has 0 aromatic heterocycles. The van der Waals surface area contributed by atoms with E-state index < -0.39 is 11.2 Å². The van der Waals surface area contributed by atoms with E-state index in [0.717, 1.165) is 39.0 Å². The molecule has 3 aromatic carbocycles. The molecule has 0 amide bonds. The van der Waals surface area contributed by atoms with Crippen LogP contribution in [-0.2, 0) is 0 Å². The van der Waals surface area contributed by atoms with Crippen LogP contribution in [0.1, 0.15) is 16.7 Å². The van der Waals surface area contributed by atoms with Gasteiger partial charge >= 0.3 is 0 Å². The highest BCUT2D eigenvalue weighted by atomic mass is 19.1. The molecule has 1 aliphatic heterocycles. The van der Waals surface area contributed by atoms with Crippen molar-refractivity contribution < 1.29 is 8.78 Å². The Morgan fingerprint density at radius 1 is 0.771 bits per heavy atom. The lowest BCUT2D eigenvalue weighted by Gasteiger charge is -2.26. The average molecular weight is 469 g/mol. The third kappa shape index (κ3) is 3.68. The second-order valence-electron chi connectivity index (χ2n) is 9.33. The van der Waals surface area contributed by atoms with Gasteiger partial charge in [-0.1, -0.05) is 35.9 Å². The van der Waals surface area contributed by atoms with Crippen molar-refractivity contribution in [2.45, 2.75) is 20.8 Å². The van der Waals surface area contributed by atoms with Gasteiger partial charge < -0.3 is 9.47 Å². The minimum atomic E-state index is -0.828. The zero-order chi connectivity index (χ0) is 25.0. The van der Waals surface area contributed by atoms with Crippen molar-refractivity contribution in [3.05, 3.63) is 105 Å². The summed E-state index contributed by atoms with van der Waals surface area (Å²) in [5.74, 6) is -1.20. The molecular formula is C30H26F2N2O. The number of anilines is 1. The first-order valence-electron chi connectivity index (χ1n) is 11.5. The summed E-state index contributed by atoms with van der Waals surface area (Å²) in [5.41, 5.74) is 7.17. The number of pyridine rings is 1. The Morgan fingerprint density at radius 2 is 1.43 bits per heavy atom. The number of fused-ring (bicyclic) bond motifs is 2. The molecule has 1 aliphatic carbocycles. The highest BCUT2D eigenvalue weighted by molar-refractivity contribution is 6.06. The number of nitrogens with zero attached hydrogens (tertiary/aromatic N) is 2. The van der Waals surface area contributed by atoms with E-state index in [4.69, 9.17) is 0 Å². The van der Waals surface area contributed by atoms with E-state index in [9.17, 15) is 9.18 Å². The molecule has 0 bridgehead atoms. The van der Waals surface area contributed by atoms with Crippen molar-refractivity contribution in [1.29, 1.82) is 0 Å². The van der Waals surface area contributed by atoms with Gasteiger partial charge in [0.1, 0.15) is 5.82 Å². The number of benzene rings is 4. The molecule has 0 unspecified atom stereocenters. The minimum Gasteiger partial charge on any atom is -0.375 e. The topological polar surface area (TPSA) is 25.2 Å². The van der Waals surface area contributed by atoms with Crippen molar-refractivity contribution in [3.63, 3.8) is 0 Å². The van der Waals surface area contributed by atoms with E-state index in [0.29, 0.717) is 22.3 Å². The third-order valence-electron chi connectivity index (χ3n) is 6.56. The van der Waals surface area contributed by atoms with Crippen molar-refractivity contribution in [2.24, 2.45) is 0 Å². The molecule has 3 aromatic rings. The van der Waals surface area contributed by atoms with E-state index in [1.807, 2.05) is 55.7 Å². The summed E-state index contributed by atoms with van der Waals surface area (Å²) in [7, 11) is 3.58. The van der Waals surface area contributed by atoms with Crippen LogP contribution in [-0.4, -0.2) is 18.7 Å². The molecule has 5 heteroatoms. The number of aryl methyl sites for hydroxylation is 3. The Hall–Kier alpha value is -3.99. The standard InChI is InChI=1S/C30H26F2N2O/c1-17-11-18(2)29(19(3)12-17)30-21-13-23(31)27(33(4)5)15-25(21)34(20-9-7-6-8-10-20)26-16-28(35)24(32)14-22(26)30/h6-16H,1-5H3. The van der Waals surface area contributed by atoms with Gasteiger partial charge in [0.05, 0.1) is 16.9 Å². The normalized spacial score (nSPS) is 11.4. The monoisotopic (exact) mass is 468 g/mol. The summed E-state index contributed by atoms with van der Waals surface area (Å²) < 4.78 is 32.1. The number of rotatable bonds is 3. The Balaban J connectivity index is 2.11. The second-order valence-corrected chi connectivity index (χ2v) is 9.33. The lowest BCUT2D eigenvalue weighted by Crippen LogP contribution is -2.15. The smallest absolute Gasteiger partial charge is 0.216 e. The fourth-order valence-corrected chi connectivity index (χ4v) is 5.18. The molecule has 1 heterocycles. The maximum atomic E-state index is 15.4. The quantitative estimate of drug-likeness (QED) is 0.266. The Labute approximate surface area is 203 Å². The molecule has 0 atom stereocenters. The molecule has 0 radical (unpaired) electrons. The van der Waals surface area contributed by atoms with Crippen LogP contribution in [0.3, 0.4) is 0 Å². The van der Waals surface area contributed by atoms with E-state index in [2.05, 4.69) is 12.1 Å². The van der Waals surface area contributed by atoms with Crippen LogP contribution < -0.4 is 10.3 Å². The Kier molecular flexibility index (Phi) is 5.43. The van der Waals surface area contributed by atoms with Gasteiger partial charge in [0.2, 0.25) is 5.43 Å². The number of hydrogen-bond donors (Lipinski definition) is 0. The summed E-state index contributed by atoms with van der Waals surface area (Å²) in [6.45, 7) is 6.04. The van der Waals surface area contributed by atoms with Crippen LogP contribution in [0, 0.1) is 32.4 Å². The summed E-state index contributed by atoms with van der Waals surface area (Å²) in [5, 5.41) is 0.651. The first kappa shape index (κ1) is 22.8. The van der Waals surface area contributed by atoms with Gasteiger partial charge in [-0.3, -0.25) is 4.79 Å². The minimum absolute atomic E-state index is 0.369. The van der Waals surface area contributed by atoms with Crippen LogP contribution in [0.25, 0.3) is 39.0 Å². The van der Waals surface area contributed by atoms with Crippen molar-refractivity contribution in [3.8, 4) is 28.1 Å². The predicted octanol–water partition coefficient (Wildman–Crippen LogP) is 7.03. The van der Waals surface area contributed by atoms with Crippen LogP contribution in [0.5, 0.6) is 0 Å². The predicted molar refractivity (Wildman–Crippen MR) is 140 cm³/mol. The van der Waals surface area contributed by atoms with Crippen LogP contribution in [0.4, 0.5) is 14.5 Å². The molecule has 5 rings (SSSR count). The van der Waals surface area contributed by atoms with E-state index in [1.54, 1.807) is 25.1 Å². The number of aromatic nitrogens is 1. The Bertz CT molecular complexity index is 1610. The highest BCUT2D eigenvalue weighted by Gasteiger charge is 2.25. The number of para-hydroxylation sites is 1. The SMILES string of the molecule is Cc1cc(C)c(-c2c3cc(F)c(=O)cc-3n(-c3ccccc3)c3cc(N(C)C)c(F)cc23)c(C)c1. The van der Waals surface area contributed by atoms with Crippen molar-refractivity contribution >= 4 is 16.6 Å². The molecule has 3 nitrogen and oxygen atoms in total. The summed E-state index contributed by atoms with van der Waals surface area (Å²) in [4.78, 5) is 14.3. The van der Waals surface area contributed by atoms with E-state index in [-0.39, 0.29) is 5.82 Å². The van der Waals surface area contributed by atoms with Crippen LogP contribution >= 0.6 is 0 Å². The Morgan fingerprint density at radius 3 is 2.06 bits per heavy atom. The zero-order valence-corrected chi connectivity index (χ0v) is 20.4. The molecule has 0 fully saturated rings. The van der Waals surface area contributed by atoms with Gasteiger partial charge in [-0.25, -0.2) is 8.78 Å². The summed E-state index contributed by atoms with van der Waals surface area (Å²) in [6.07, 6.45) is 0. The van der Waals surface area contributed by atoms with Crippen molar-refractivity contribution in [1.82, 2.24) is 4.57 Å². The summed E-state index contributed by atoms with van der Waals surface area (Å²) in [6, 6.07) is 19.7. The average Bonchev–Trinajstić information content (AvgIpc) is 2.79. The fourth-order valence-electron chi connectivity index (χ4n) is 5.18. The lowest BCUT2D eigenvalue weighted by atomic mass is 9.86. The van der Waals surface area contributed by atoms with Gasteiger partial charge in [-0.05, 0) is 67.8 Å². The van der Waals surface area contributed by atoms with Crippen LogP contribution in [0.15, 0.2) is 71.5 Å². The van der Waals surface area contributed by atoms with E-state index in [1.165, 1.54) is 18.2 Å². The van der Waals surface area contributed by atoms with Gasteiger partial charge in [-0.2, -0.15) is 0 Å². The number of hydrogen-bond acceptors (Lipinski definition) is 2. The molecule has 0 saturated carbocycles. The van der Waals surface area contributed by atoms with Gasteiger partial charge in [-0.15, -0.1) is 0 Å². The molecule has 2 aliphatic rings. The highest BCUT2D eigenvalue weighted by Crippen LogP contribution is 2.45. The first-order valence-corrected chi connectivity index (χ1v) is 11.5. The fraction of sp³-hybridized carbons (Fsp3) is 0.167. The molecule has 176 valence electrons. The first-order chi connectivity index (χ1) is 16.7. The van der Waals surface area contributed by atoms with Gasteiger partial charge in [0, 0.05) is 42.4 Å². The zero-order valence-electron chi connectivity index (χ0n) is 20.4. The second kappa shape index (κ2) is 8.35.